The van der Waals surface area contributed by atoms with Gasteiger partial charge in [0.1, 0.15) is 5.75 Å². The molecular weight excluding hydrogens is 629 g/mol. The first kappa shape index (κ1) is 35.2. The zero-order valence-electron chi connectivity index (χ0n) is 26.0. The van der Waals surface area contributed by atoms with Crippen molar-refractivity contribution in [1.82, 2.24) is 5.32 Å². The molecule has 1 atom stereocenters. The Morgan fingerprint density at radius 3 is 2.10 bits per heavy atom. The second-order valence-electron chi connectivity index (χ2n) is 10.7. The Labute approximate surface area is 274 Å². The quantitative estimate of drug-likeness (QED) is 0.0982. The van der Waals surface area contributed by atoms with Gasteiger partial charge in [-0.3, -0.25) is 9.59 Å². The second kappa shape index (κ2) is 16.2. The molecule has 0 aromatic heterocycles. The maximum atomic E-state index is 12.9. The summed E-state index contributed by atoms with van der Waals surface area (Å²) in [5, 5.41) is 11.4. The Morgan fingerprint density at radius 2 is 1.44 bits per heavy atom. The highest BCUT2D eigenvalue weighted by molar-refractivity contribution is 6.01. The average molecular weight is 663 g/mol. The number of hydrogen-bond acceptors (Lipinski definition) is 7. The van der Waals surface area contributed by atoms with Gasteiger partial charge >= 0.3 is 24.1 Å². The molecule has 250 valence electrons. The SMILES string of the molecule is COc1cc(CC(=O)Nc2ccc(C(CC(=O)OC(=O)C(F)(F)F)NCc3ccccc3)cc2)ccc1NC(=O)Nc1ccccc1C. The fourth-order valence-electron chi connectivity index (χ4n) is 4.64. The maximum absolute atomic E-state index is 12.9. The van der Waals surface area contributed by atoms with Crippen molar-refractivity contribution >= 4 is 40.9 Å². The Hall–Kier alpha value is -5.69. The van der Waals surface area contributed by atoms with Gasteiger partial charge in [-0.2, -0.15) is 13.2 Å². The van der Waals surface area contributed by atoms with Crippen molar-refractivity contribution in [3.05, 3.63) is 119 Å². The summed E-state index contributed by atoms with van der Waals surface area (Å²) >= 11 is 0. The van der Waals surface area contributed by atoms with Crippen molar-refractivity contribution in [2.75, 3.05) is 23.1 Å². The summed E-state index contributed by atoms with van der Waals surface area (Å²) in [7, 11) is 1.45. The first-order valence-electron chi connectivity index (χ1n) is 14.7. The van der Waals surface area contributed by atoms with Crippen LogP contribution in [0.1, 0.15) is 34.7 Å². The average Bonchev–Trinajstić information content (AvgIpc) is 3.05. The molecule has 0 bridgehead atoms. The number of aryl methyl sites for hydroxylation is 1. The molecule has 0 aliphatic rings. The number of methoxy groups -OCH3 is 1. The number of carbonyl (C=O) groups is 4. The van der Waals surface area contributed by atoms with Crippen LogP contribution < -0.4 is 26.0 Å². The molecule has 48 heavy (non-hydrogen) atoms. The third-order valence-electron chi connectivity index (χ3n) is 7.07. The molecule has 0 saturated heterocycles. The third-order valence-corrected chi connectivity index (χ3v) is 7.07. The monoisotopic (exact) mass is 662 g/mol. The Kier molecular flexibility index (Phi) is 11.9. The van der Waals surface area contributed by atoms with Crippen LogP contribution in [-0.2, 0) is 32.1 Å². The van der Waals surface area contributed by atoms with Crippen LogP contribution in [0.4, 0.5) is 35.0 Å². The first-order chi connectivity index (χ1) is 22.9. The van der Waals surface area contributed by atoms with Crippen LogP contribution in [0.2, 0.25) is 0 Å². The van der Waals surface area contributed by atoms with Crippen LogP contribution in [-0.4, -0.2) is 37.2 Å². The van der Waals surface area contributed by atoms with Gasteiger partial charge in [0.05, 0.1) is 25.6 Å². The number of amides is 3. The molecule has 0 radical (unpaired) electrons. The summed E-state index contributed by atoms with van der Waals surface area (Å²) < 4.78 is 47.2. The number of para-hydroxylation sites is 1. The van der Waals surface area contributed by atoms with Crippen LogP contribution >= 0.6 is 0 Å². The Morgan fingerprint density at radius 1 is 0.771 bits per heavy atom. The molecule has 0 spiro atoms. The zero-order valence-corrected chi connectivity index (χ0v) is 26.0. The standard InChI is InChI=1S/C35H33F3N4O6/c1-22-8-6-7-11-27(22)41-34(46)42-28-17-12-24(18-30(28)47-2)19-31(43)40-26-15-13-25(14-16-26)29(39-21-23-9-4-3-5-10-23)20-32(44)48-33(45)35(36,37)38/h3-18,29,39H,19-21H2,1-2H3,(H,40,43)(H2,41,42,46). The number of nitrogens with one attached hydrogen (secondary N) is 4. The lowest BCUT2D eigenvalue weighted by atomic mass is 10.0. The van der Waals surface area contributed by atoms with E-state index in [9.17, 15) is 32.3 Å². The third kappa shape index (κ3) is 10.4. The largest absolute Gasteiger partial charge is 0.495 e. The molecule has 4 aromatic carbocycles. The summed E-state index contributed by atoms with van der Waals surface area (Å²) in [6, 6.07) is 26.5. The topological polar surface area (TPSA) is 135 Å². The van der Waals surface area contributed by atoms with E-state index < -0.39 is 36.6 Å². The van der Waals surface area contributed by atoms with Gasteiger partial charge in [0, 0.05) is 24.0 Å². The van der Waals surface area contributed by atoms with Crippen LogP contribution in [0, 0.1) is 6.92 Å². The van der Waals surface area contributed by atoms with Crippen LogP contribution in [0.15, 0.2) is 97.1 Å². The lowest BCUT2D eigenvalue weighted by Gasteiger charge is -2.19. The highest BCUT2D eigenvalue weighted by atomic mass is 19.4. The highest BCUT2D eigenvalue weighted by Crippen LogP contribution is 2.27. The van der Waals surface area contributed by atoms with Crippen molar-refractivity contribution in [1.29, 1.82) is 0 Å². The molecule has 3 amide bonds. The minimum Gasteiger partial charge on any atom is -0.495 e. The number of rotatable bonds is 12. The van der Waals surface area contributed by atoms with Gasteiger partial charge in [0.2, 0.25) is 5.91 Å². The van der Waals surface area contributed by atoms with E-state index in [2.05, 4.69) is 26.0 Å². The van der Waals surface area contributed by atoms with E-state index in [4.69, 9.17) is 4.74 Å². The van der Waals surface area contributed by atoms with Gasteiger partial charge in [-0.05, 0) is 59.5 Å². The summed E-state index contributed by atoms with van der Waals surface area (Å²) in [5.41, 5.74) is 4.38. The molecule has 13 heteroatoms. The van der Waals surface area contributed by atoms with Crippen molar-refractivity contribution in [3.63, 3.8) is 0 Å². The number of alkyl halides is 3. The van der Waals surface area contributed by atoms with Crippen LogP contribution in [0.25, 0.3) is 0 Å². The number of hydrogen-bond donors (Lipinski definition) is 4. The van der Waals surface area contributed by atoms with Crippen LogP contribution in [0.5, 0.6) is 5.75 Å². The smallest absolute Gasteiger partial charge is 0.491 e. The van der Waals surface area contributed by atoms with Gasteiger partial charge in [-0.1, -0.05) is 66.7 Å². The molecule has 4 aromatic rings. The van der Waals surface area contributed by atoms with Gasteiger partial charge in [0.15, 0.2) is 0 Å². The molecule has 0 aliphatic heterocycles. The first-order valence-corrected chi connectivity index (χ1v) is 14.7. The van der Waals surface area contributed by atoms with E-state index in [1.54, 1.807) is 48.5 Å². The number of esters is 2. The molecule has 1 unspecified atom stereocenters. The number of halogens is 3. The maximum Gasteiger partial charge on any atom is 0.491 e. The van der Waals surface area contributed by atoms with E-state index in [1.807, 2.05) is 55.5 Å². The fraction of sp³-hybridized carbons (Fsp3) is 0.200. The molecule has 4 rings (SSSR count). The molecule has 0 fully saturated rings. The van der Waals surface area contributed by atoms with Gasteiger partial charge < -0.3 is 30.7 Å². The van der Waals surface area contributed by atoms with E-state index in [0.29, 0.717) is 33.9 Å². The molecule has 0 heterocycles. The number of anilines is 3. The minimum absolute atomic E-state index is 0.0197. The summed E-state index contributed by atoms with van der Waals surface area (Å²) in [6.45, 7) is 2.15. The molecule has 0 saturated carbocycles. The van der Waals surface area contributed by atoms with Crippen molar-refractivity contribution in [2.24, 2.45) is 0 Å². The number of benzene rings is 4. The fourth-order valence-corrected chi connectivity index (χ4v) is 4.64. The number of carbonyl (C=O) groups excluding carboxylic acids is 4. The van der Waals surface area contributed by atoms with Crippen molar-refractivity contribution < 1.29 is 41.8 Å². The van der Waals surface area contributed by atoms with E-state index in [0.717, 1.165) is 11.1 Å². The lowest BCUT2D eigenvalue weighted by Crippen LogP contribution is -2.30. The number of urea groups is 1. The highest BCUT2D eigenvalue weighted by Gasteiger charge is 2.42. The second-order valence-corrected chi connectivity index (χ2v) is 10.7. The minimum atomic E-state index is -5.30. The Balaban J connectivity index is 1.38. The van der Waals surface area contributed by atoms with E-state index in [-0.39, 0.29) is 18.9 Å². The van der Waals surface area contributed by atoms with E-state index >= 15 is 0 Å². The Bertz CT molecular complexity index is 1750. The molecular formula is C35H33F3N4O6. The summed E-state index contributed by atoms with van der Waals surface area (Å²) in [4.78, 5) is 48.8. The normalized spacial score (nSPS) is 11.6. The van der Waals surface area contributed by atoms with Gasteiger partial charge in [-0.25, -0.2) is 9.59 Å². The molecule has 10 nitrogen and oxygen atoms in total. The summed E-state index contributed by atoms with van der Waals surface area (Å²) in [6.07, 6.45) is -5.88. The molecule has 4 N–H and O–H groups in total. The van der Waals surface area contributed by atoms with Gasteiger partial charge in [-0.15, -0.1) is 0 Å². The lowest BCUT2D eigenvalue weighted by molar-refractivity contribution is -0.202. The van der Waals surface area contributed by atoms with E-state index in [1.165, 1.54) is 7.11 Å². The number of ether oxygens (including phenoxy) is 2. The van der Waals surface area contributed by atoms with Crippen molar-refractivity contribution in [3.8, 4) is 5.75 Å². The zero-order chi connectivity index (χ0) is 34.7. The predicted octanol–water partition coefficient (Wildman–Crippen LogP) is 6.68. The van der Waals surface area contributed by atoms with Crippen molar-refractivity contribution in [2.45, 2.75) is 38.5 Å². The van der Waals surface area contributed by atoms with Crippen LogP contribution in [0.3, 0.4) is 0 Å². The molecule has 0 aliphatic carbocycles. The van der Waals surface area contributed by atoms with Gasteiger partial charge in [0.25, 0.3) is 0 Å². The summed E-state index contributed by atoms with van der Waals surface area (Å²) in [5.74, 6) is -3.92. The predicted molar refractivity (Wildman–Crippen MR) is 173 cm³/mol.